The number of nitrogens with two attached hydrogens (primary N) is 1. The Bertz CT molecular complexity index is 525. The Hall–Kier alpha value is -2.08. The SMILES string of the molecule is CC(NC(=O)Nc1ccccc1)C(=O)N1CCC(C(C)N)CC1. The van der Waals surface area contributed by atoms with Crippen LogP contribution >= 0.6 is 0 Å². The van der Waals surface area contributed by atoms with Crippen LogP contribution in [0.1, 0.15) is 26.7 Å². The summed E-state index contributed by atoms with van der Waals surface area (Å²) in [6.45, 7) is 5.14. The Labute approximate surface area is 137 Å². The standard InChI is InChI=1S/C17H26N4O2/c1-12(18)14-8-10-21(11-9-14)16(22)13(2)19-17(23)20-15-6-4-3-5-7-15/h3-7,12-14H,8-11,18H2,1-2H3,(H2,19,20,23). The van der Waals surface area contributed by atoms with Crippen molar-refractivity contribution in [3.05, 3.63) is 30.3 Å². The molecule has 4 N–H and O–H groups in total. The number of para-hydroxylation sites is 1. The molecule has 0 bridgehead atoms. The second-order valence-corrected chi connectivity index (χ2v) is 6.21. The first-order chi connectivity index (χ1) is 11.0. The average Bonchev–Trinajstić information content (AvgIpc) is 2.55. The van der Waals surface area contributed by atoms with Crippen LogP contribution in [0.3, 0.4) is 0 Å². The van der Waals surface area contributed by atoms with Crippen molar-refractivity contribution >= 4 is 17.6 Å². The molecular formula is C17H26N4O2. The number of carbonyl (C=O) groups is 2. The van der Waals surface area contributed by atoms with Crippen LogP contribution in [0.15, 0.2) is 30.3 Å². The molecule has 1 fully saturated rings. The van der Waals surface area contributed by atoms with E-state index in [0.29, 0.717) is 24.7 Å². The monoisotopic (exact) mass is 318 g/mol. The summed E-state index contributed by atoms with van der Waals surface area (Å²) in [4.78, 5) is 26.2. The van der Waals surface area contributed by atoms with Crippen LogP contribution in [0.4, 0.5) is 10.5 Å². The van der Waals surface area contributed by atoms with E-state index in [1.165, 1.54) is 0 Å². The van der Waals surface area contributed by atoms with Gasteiger partial charge in [0.1, 0.15) is 6.04 Å². The lowest BCUT2D eigenvalue weighted by Crippen LogP contribution is -2.51. The molecule has 1 aromatic rings. The number of benzene rings is 1. The minimum atomic E-state index is -0.550. The topological polar surface area (TPSA) is 87.5 Å². The van der Waals surface area contributed by atoms with Gasteiger partial charge in [-0.15, -0.1) is 0 Å². The third-order valence-electron chi connectivity index (χ3n) is 4.34. The van der Waals surface area contributed by atoms with Gasteiger partial charge in [0, 0.05) is 24.8 Å². The lowest BCUT2D eigenvalue weighted by molar-refractivity contribution is -0.134. The first-order valence-electron chi connectivity index (χ1n) is 8.14. The quantitative estimate of drug-likeness (QED) is 0.791. The van der Waals surface area contributed by atoms with E-state index >= 15 is 0 Å². The van der Waals surface area contributed by atoms with E-state index in [0.717, 1.165) is 12.8 Å². The van der Waals surface area contributed by atoms with Crippen LogP contribution in [0.25, 0.3) is 0 Å². The molecular weight excluding hydrogens is 292 g/mol. The van der Waals surface area contributed by atoms with Crippen molar-refractivity contribution in [1.29, 1.82) is 0 Å². The fraction of sp³-hybridized carbons (Fsp3) is 0.529. The molecule has 1 saturated heterocycles. The van der Waals surface area contributed by atoms with Crippen molar-refractivity contribution in [3.63, 3.8) is 0 Å². The Morgan fingerprint density at radius 2 is 1.78 bits per heavy atom. The summed E-state index contributed by atoms with van der Waals surface area (Å²) in [6, 6.07) is 8.39. The molecule has 2 rings (SSSR count). The number of nitrogens with one attached hydrogen (secondary N) is 2. The lowest BCUT2D eigenvalue weighted by atomic mass is 9.91. The van der Waals surface area contributed by atoms with Gasteiger partial charge in [-0.05, 0) is 44.7 Å². The molecule has 1 aliphatic heterocycles. The summed E-state index contributed by atoms with van der Waals surface area (Å²) >= 11 is 0. The van der Waals surface area contributed by atoms with Gasteiger partial charge in [-0.25, -0.2) is 4.79 Å². The molecule has 1 aromatic carbocycles. The number of amides is 3. The maximum absolute atomic E-state index is 12.4. The largest absolute Gasteiger partial charge is 0.341 e. The molecule has 0 aromatic heterocycles. The molecule has 2 atom stereocenters. The lowest BCUT2D eigenvalue weighted by Gasteiger charge is -2.35. The number of nitrogens with zero attached hydrogens (tertiary/aromatic N) is 1. The van der Waals surface area contributed by atoms with Gasteiger partial charge in [-0.2, -0.15) is 0 Å². The summed E-state index contributed by atoms with van der Waals surface area (Å²) < 4.78 is 0. The van der Waals surface area contributed by atoms with Crippen molar-refractivity contribution in [2.75, 3.05) is 18.4 Å². The predicted octanol–water partition coefficient (Wildman–Crippen LogP) is 1.78. The van der Waals surface area contributed by atoms with E-state index in [2.05, 4.69) is 10.6 Å². The van der Waals surface area contributed by atoms with Gasteiger partial charge >= 0.3 is 6.03 Å². The molecule has 1 aliphatic rings. The summed E-state index contributed by atoms with van der Waals surface area (Å²) in [7, 11) is 0. The minimum absolute atomic E-state index is 0.0451. The highest BCUT2D eigenvalue weighted by Crippen LogP contribution is 2.20. The van der Waals surface area contributed by atoms with Gasteiger partial charge < -0.3 is 21.3 Å². The maximum atomic E-state index is 12.4. The number of likely N-dealkylation sites (tertiary alicyclic amines) is 1. The summed E-state index contributed by atoms with van der Waals surface area (Å²) in [5, 5.41) is 5.41. The summed E-state index contributed by atoms with van der Waals surface area (Å²) in [6.07, 6.45) is 1.85. The van der Waals surface area contributed by atoms with Gasteiger partial charge in [0.05, 0.1) is 0 Å². The van der Waals surface area contributed by atoms with Crippen LogP contribution in [0, 0.1) is 5.92 Å². The molecule has 0 radical (unpaired) electrons. The van der Waals surface area contributed by atoms with Crippen LogP contribution in [0.2, 0.25) is 0 Å². The van der Waals surface area contributed by atoms with Crippen molar-refractivity contribution < 1.29 is 9.59 Å². The zero-order chi connectivity index (χ0) is 16.8. The molecule has 1 heterocycles. The zero-order valence-corrected chi connectivity index (χ0v) is 13.8. The molecule has 126 valence electrons. The minimum Gasteiger partial charge on any atom is -0.341 e. The summed E-state index contributed by atoms with van der Waals surface area (Å²) in [5.41, 5.74) is 6.62. The van der Waals surface area contributed by atoms with E-state index in [4.69, 9.17) is 5.73 Å². The van der Waals surface area contributed by atoms with Crippen LogP contribution in [0.5, 0.6) is 0 Å². The van der Waals surface area contributed by atoms with Gasteiger partial charge in [0.15, 0.2) is 0 Å². The van der Waals surface area contributed by atoms with Gasteiger partial charge in [-0.3, -0.25) is 4.79 Å². The predicted molar refractivity (Wildman–Crippen MR) is 91.0 cm³/mol. The number of hydrogen-bond acceptors (Lipinski definition) is 3. The Kier molecular flexibility index (Phi) is 5.98. The smallest absolute Gasteiger partial charge is 0.319 e. The van der Waals surface area contributed by atoms with Crippen molar-refractivity contribution in [1.82, 2.24) is 10.2 Å². The second-order valence-electron chi connectivity index (χ2n) is 6.21. The molecule has 0 aliphatic carbocycles. The molecule has 6 heteroatoms. The van der Waals surface area contributed by atoms with E-state index in [9.17, 15) is 9.59 Å². The number of anilines is 1. The number of hydrogen-bond donors (Lipinski definition) is 3. The average molecular weight is 318 g/mol. The molecule has 0 spiro atoms. The molecule has 6 nitrogen and oxygen atoms in total. The molecule has 23 heavy (non-hydrogen) atoms. The van der Waals surface area contributed by atoms with Crippen molar-refractivity contribution in [3.8, 4) is 0 Å². The number of rotatable bonds is 4. The number of urea groups is 1. The third-order valence-corrected chi connectivity index (χ3v) is 4.34. The van der Waals surface area contributed by atoms with E-state index in [-0.39, 0.29) is 18.0 Å². The Morgan fingerprint density at radius 1 is 1.17 bits per heavy atom. The molecule has 2 unspecified atom stereocenters. The van der Waals surface area contributed by atoms with E-state index < -0.39 is 6.04 Å². The van der Waals surface area contributed by atoms with Gasteiger partial charge in [-0.1, -0.05) is 18.2 Å². The van der Waals surface area contributed by atoms with Crippen LogP contribution < -0.4 is 16.4 Å². The highest BCUT2D eigenvalue weighted by Gasteiger charge is 2.28. The fourth-order valence-corrected chi connectivity index (χ4v) is 2.87. The number of piperidine rings is 1. The third kappa shape index (κ3) is 4.96. The van der Waals surface area contributed by atoms with Crippen molar-refractivity contribution in [2.45, 2.75) is 38.8 Å². The van der Waals surface area contributed by atoms with Crippen LogP contribution in [-0.2, 0) is 4.79 Å². The summed E-state index contributed by atoms with van der Waals surface area (Å²) in [5.74, 6) is 0.431. The fourth-order valence-electron chi connectivity index (χ4n) is 2.87. The van der Waals surface area contributed by atoms with Crippen LogP contribution in [-0.4, -0.2) is 42.0 Å². The number of carbonyl (C=O) groups excluding carboxylic acids is 2. The van der Waals surface area contributed by atoms with Crippen molar-refractivity contribution in [2.24, 2.45) is 11.7 Å². The second kappa shape index (κ2) is 7.97. The highest BCUT2D eigenvalue weighted by atomic mass is 16.2. The first kappa shape index (κ1) is 17.3. The van der Waals surface area contributed by atoms with E-state index in [1.807, 2.05) is 30.0 Å². The maximum Gasteiger partial charge on any atom is 0.319 e. The van der Waals surface area contributed by atoms with Gasteiger partial charge in [0.2, 0.25) is 5.91 Å². The first-order valence-corrected chi connectivity index (χ1v) is 8.14. The Balaban J connectivity index is 1.80. The van der Waals surface area contributed by atoms with E-state index in [1.54, 1.807) is 19.1 Å². The normalized spacial score (nSPS) is 18.1. The molecule has 3 amide bonds. The zero-order valence-electron chi connectivity index (χ0n) is 13.8. The molecule has 0 saturated carbocycles. The highest BCUT2D eigenvalue weighted by molar-refractivity contribution is 5.93. The van der Waals surface area contributed by atoms with Gasteiger partial charge in [0.25, 0.3) is 0 Å². The Morgan fingerprint density at radius 3 is 2.35 bits per heavy atom.